The molecule has 3 aromatic rings. The molecule has 1 saturated heterocycles. The van der Waals surface area contributed by atoms with Crippen LogP contribution in [0, 0.1) is 0 Å². The molecule has 3 heterocycles. The fraction of sp³-hybridized carbons (Fsp3) is 0.478. The van der Waals surface area contributed by atoms with Gasteiger partial charge in [-0.1, -0.05) is 30.0 Å². The lowest BCUT2D eigenvalue weighted by molar-refractivity contribution is -0.894. The zero-order valence-corrected chi connectivity index (χ0v) is 22.2. The van der Waals surface area contributed by atoms with Crippen molar-refractivity contribution in [1.29, 1.82) is 0 Å². The topological polar surface area (TPSA) is 199 Å². The third-order valence-electron chi connectivity index (χ3n) is 6.14. The van der Waals surface area contributed by atoms with E-state index in [1.165, 1.54) is 55.1 Å². The van der Waals surface area contributed by atoms with Crippen LogP contribution in [0.25, 0.3) is 11.2 Å². The number of aliphatic hydroxyl groups excluding tert-OH is 1. The number of aliphatic hydroxyl groups is 1. The Morgan fingerprint density at radius 2 is 1.92 bits per heavy atom. The maximum atomic E-state index is 12.1. The first-order chi connectivity index (χ1) is 18.1. The fourth-order valence-corrected chi connectivity index (χ4v) is 4.58. The van der Waals surface area contributed by atoms with Gasteiger partial charge in [0.05, 0.1) is 38.7 Å². The van der Waals surface area contributed by atoms with Crippen molar-refractivity contribution in [2.45, 2.75) is 45.6 Å². The van der Waals surface area contributed by atoms with Gasteiger partial charge in [-0.3, -0.25) is 13.5 Å². The number of anilines is 1. The van der Waals surface area contributed by atoms with Gasteiger partial charge in [0.2, 0.25) is 0 Å². The van der Waals surface area contributed by atoms with Crippen molar-refractivity contribution in [3.63, 3.8) is 0 Å². The van der Waals surface area contributed by atoms with Crippen LogP contribution in [0.1, 0.15) is 43.8 Å². The molecule has 208 valence electrons. The molecule has 1 aliphatic heterocycles. The van der Waals surface area contributed by atoms with Gasteiger partial charge in [0.15, 0.2) is 11.5 Å². The van der Waals surface area contributed by atoms with Crippen LogP contribution in [0.2, 0.25) is 0 Å². The Balaban J connectivity index is 0.000000505. The number of ether oxygens (including phenoxy) is 1. The van der Waals surface area contributed by atoms with E-state index in [2.05, 4.69) is 35.7 Å². The molecule has 0 aliphatic carbocycles. The normalized spacial score (nSPS) is 19.3. The Kier molecular flexibility index (Phi) is 9.93. The van der Waals surface area contributed by atoms with Crippen molar-refractivity contribution in [3.05, 3.63) is 42.5 Å². The third kappa shape index (κ3) is 7.14. The number of benzene rings is 1. The number of carbonyl (C=O) groups excluding carboxylic acids is 1. The minimum absolute atomic E-state index is 0.110. The van der Waals surface area contributed by atoms with Crippen LogP contribution >= 0.6 is 0 Å². The summed E-state index contributed by atoms with van der Waals surface area (Å²) in [5.41, 5.74) is 6.16. The number of fused-ring (bicyclic) bond motifs is 1. The molecule has 0 radical (unpaired) electrons. The van der Waals surface area contributed by atoms with Crippen molar-refractivity contribution in [1.82, 2.24) is 24.2 Å². The number of imidazole rings is 1. The summed E-state index contributed by atoms with van der Waals surface area (Å²) < 4.78 is 37.8. The number of hydrogen-bond donors (Lipinski definition) is 4. The van der Waals surface area contributed by atoms with Crippen LogP contribution in [0.3, 0.4) is 0 Å². The summed E-state index contributed by atoms with van der Waals surface area (Å²) in [6.45, 7) is 9.92. The molecule has 1 amide bonds. The molecule has 4 rings (SSSR count). The van der Waals surface area contributed by atoms with E-state index in [0.29, 0.717) is 11.2 Å². The second kappa shape index (κ2) is 12.9. The summed E-state index contributed by atoms with van der Waals surface area (Å²) in [4.78, 5) is 25.8. The van der Waals surface area contributed by atoms with Gasteiger partial charge in [-0.15, -0.1) is 0 Å². The molecule has 1 aromatic carbocycles. The number of aromatic nitrogens is 4. The molecule has 0 unspecified atom stereocenters. The number of nitrogens with zero attached hydrogens (tertiary/aromatic N) is 4. The first-order valence-corrected chi connectivity index (χ1v) is 13.6. The van der Waals surface area contributed by atoms with Gasteiger partial charge in [0, 0.05) is 12.0 Å². The highest BCUT2D eigenvalue weighted by molar-refractivity contribution is 7.85. The van der Waals surface area contributed by atoms with Crippen LogP contribution in [0.5, 0.6) is 5.75 Å². The minimum Gasteiger partial charge on any atom is -0.872 e. The lowest BCUT2D eigenvalue weighted by Crippen LogP contribution is -3.11. The maximum Gasteiger partial charge on any atom is 0.362 e. The number of amides is 1. The number of nitrogen functional groups attached to an aromatic ring is 1. The van der Waals surface area contributed by atoms with Gasteiger partial charge >= 0.3 is 10.3 Å². The molecule has 0 saturated carbocycles. The minimum atomic E-state index is -4.55. The Hall–Kier alpha value is -3.37. The quantitative estimate of drug-likeness (QED) is 0.248. The molecule has 3 atom stereocenters. The van der Waals surface area contributed by atoms with Crippen molar-refractivity contribution in [2.24, 2.45) is 0 Å². The lowest BCUT2D eigenvalue weighted by Gasteiger charge is -2.16. The summed E-state index contributed by atoms with van der Waals surface area (Å²) in [7, 11) is -4.55. The van der Waals surface area contributed by atoms with E-state index in [4.69, 9.17) is 14.7 Å². The number of nitrogens with one attached hydrogen (secondary N) is 2. The number of para-hydroxylation sites is 1. The molecule has 5 N–H and O–H groups in total. The summed E-state index contributed by atoms with van der Waals surface area (Å²) in [6.07, 6.45) is 0.0204. The number of rotatable bonds is 9. The van der Waals surface area contributed by atoms with E-state index in [1.54, 1.807) is 9.62 Å². The standard InChI is InChI=1S/C17H18N6O7S.C6H15N/c18-15-14-16(20-7-19-15)23(8-21-14)13-5-11(25)12(30-13)6-29-31(27,28)22-17(26)9-3-1-2-4-10(9)24;1-4-7(5-2)6-3/h1-4,7-8,11-13,24-25H,5-6H2,(H,22,26)(H2,18,19,20);4-6H2,1-3H3/t11-,12+,13+;/m0./s1. The van der Waals surface area contributed by atoms with E-state index < -0.39 is 47.0 Å². The molecule has 15 heteroatoms. The molecule has 1 aliphatic rings. The van der Waals surface area contributed by atoms with Gasteiger partial charge in [-0.05, 0) is 20.8 Å². The van der Waals surface area contributed by atoms with Crippen LogP contribution < -0.4 is 20.5 Å². The molecule has 14 nitrogen and oxygen atoms in total. The molecule has 0 bridgehead atoms. The Morgan fingerprint density at radius 3 is 2.55 bits per heavy atom. The maximum absolute atomic E-state index is 12.1. The average molecular weight is 552 g/mol. The van der Waals surface area contributed by atoms with Crippen molar-refractivity contribution < 1.29 is 37.2 Å². The van der Waals surface area contributed by atoms with E-state index >= 15 is 0 Å². The molecule has 1 fully saturated rings. The Labute approximate surface area is 220 Å². The first-order valence-electron chi connectivity index (χ1n) is 12.2. The predicted octanol–water partition coefficient (Wildman–Crippen LogP) is -1.25. The molecular formula is C23H33N7O7S. The lowest BCUT2D eigenvalue weighted by atomic mass is 10.2. The highest BCUT2D eigenvalue weighted by Gasteiger charge is 2.37. The number of quaternary nitrogens is 1. The smallest absolute Gasteiger partial charge is 0.362 e. The summed E-state index contributed by atoms with van der Waals surface area (Å²) in [5.74, 6) is -1.58. The SMILES string of the molecule is CC[NH+](CC)CC.Nc1ncnc2c1ncn2[C@H]1C[C@H](O)[C@@H](COS(=O)(=O)NC(=O)c2ccccc2[O-])O1. The van der Waals surface area contributed by atoms with Gasteiger partial charge in [0.25, 0.3) is 5.91 Å². The molecule has 0 spiro atoms. The third-order valence-corrected chi connectivity index (χ3v) is 7.02. The van der Waals surface area contributed by atoms with Gasteiger partial charge in [-0.25, -0.2) is 19.7 Å². The molecule has 38 heavy (non-hydrogen) atoms. The van der Waals surface area contributed by atoms with Gasteiger partial charge in [-0.2, -0.15) is 8.42 Å². The predicted molar refractivity (Wildman–Crippen MR) is 135 cm³/mol. The van der Waals surface area contributed by atoms with Crippen LogP contribution in [0.15, 0.2) is 36.9 Å². The molecule has 2 aromatic heterocycles. The van der Waals surface area contributed by atoms with E-state index in [0.717, 1.165) is 6.07 Å². The summed E-state index contributed by atoms with van der Waals surface area (Å²) in [6, 6.07) is 5.16. The van der Waals surface area contributed by atoms with E-state index in [9.17, 15) is 23.4 Å². The van der Waals surface area contributed by atoms with Gasteiger partial charge in [0.1, 0.15) is 24.2 Å². The fourth-order valence-electron chi connectivity index (χ4n) is 3.88. The number of nitrogens with two attached hydrogens (primary N) is 1. The van der Waals surface area contributed by atoms with Crippen molar-refractivity contribution in [2.75, 3.05) is 32.0 Å². The first kappa shape index (κ1) is 29.2. The number of carbonyl (C=O) groups is 1. The van der Waals surface area contributed by atoms with Crippen molar-refractivity contribution >= 4 is 33.2 Å². The van der Waals surface area contributed by atoms with E-state index in [-0.39, 0.29) is 17.8 Å². The van der Waals surface area contributed by atoms with Crippen LogP contribution in [-0.4, -0.2) is 77.4 Å². The Bertz CT molecular complexity index is 1330. The van der Waals surface area contributed by atoms with Crippen LogP contribution in [0.4, 0.5) is 5.82 Å². The molecular weight excluding hydrogens is 518 g/mol. The number of hydrogen-bond acceptors (Lipinski definition) is 11. The average Bonchev–Trinajstić information content (AvgIpc) is 3.48. The highest BCUT2D eigenvalue weighted by atomic mass is 32.2. The van der Waals surface area contributed by atoms with Gasteiger partial charge < -0.3 is 25.6 Å². The zero-order valence-electron chi connectivity index (χ0n) is 21.4. The Morgan fingerprint density at radius 1 is 1.24 bits per heavy atom. The van der Waals surface area contributed by atoms with E-state index in [1.807, 2.05) is 0 Å². The summed E-state index contributed by atoms with van der Waals surface area (Å²) in [5, 5.41) is 21.9. The second-order valence-corrected chi connectivity index (χ2v) is 9.84. The zero-order chi connectivity index (χ0) is 27.9. The van der Waals surface area contributed by atoms with Crippen molar-refractivity contribution in [3.8, 4) is 5.75 Å². The monoisotopic (exact) mass is 551 g/mol. The van der Waals surface area contributed by atoms with Crippen LogP contribution in [-0.2, 0) is 19.2 Å². The summed E-state index contributed by atoms with van der Waals surface area (Å²) >= 11 is 0. The second-order valence-electron chi connectivity index (χ2n) is 8.49. The largest absolute Gasteiger partial charge is 0.872 e. The highest BCUT2D eigenvalue weighted by Crippen LogP contribution is 2.31.